The Labute approximate surface area is 128 Å². The second kappa shape index (κ2) is 8.09. The fourth-order valence-electron chi connectivity index (χ4n) is 2.08. The Kier molecular flexibility index (Phi) is 6.77. The Morgan fingerprint density at radius 2 is 2.10 bits per heavy atom. The van der Waals surface area contributed by atoms with Crippen molar-refractivity contribution in [2.75, 3.05) is 6.54 Å². The first-order chi connectivity index (χ1) is 9.79. The minimum Gasteiger partial charge on any atom is -0.481 e. The van der Waals surface area contributed by atoms with Gasteiger partial charge in [-0.2, -0.15) is 0 Å². The number of aromatic nitrogens is 1. The molecule has 0 spiro atoms. The van der Waals surface area contributed by atoms with E-state index >= 15 is 0 Å². The van der Waals surface area contributed by atoms with Gasteiger partial charge in [-0.1, -0.05) is 13.8 Å². The van der Waals surface area contributed by atoms with Crippen LogP contribution in [0, 0.1) is 11.8 Å². The van der Waals surface area contributed by atoms with Crippen molar-refractivity contribution in [1.82, 2.24) is 10.3 Å². The summed E-state index contributed by atoms with van der Waals surface area (Å²) in [6.45, 7) is 6.22. The van der Waals surface area contributed by atoms with Crippen LogP contribution in [0.4, 0.5) is 0 Å². The molecule has 0 aliphatic carbocycles. The largest absolute Gasteiger partial charge is 0.481 e. The van der Waals surface area contributed by atoms with Crippen molar-refractivity contribution in [2.24, 2.45) is 17.6 Å². The number of hydrogen-bond donors (Lipinski definition) is 3. The van der Waals surface area contributed by atoms with Crippen LogP contribution in [-0.2, 0) is 4.79 Å². The summed E-state index contributed by atoms with van der Waals surface area (Å²) in [5.74, 6) is -0.812. The number of nitrogens with zero attached hydrogens (tertiary/aromatic N) is 1. The van der Waals surface area contributed by atoms with Gasteiger partial charge in [0.1, 0.15) is 10.7 Å². The molecule has 0 bridgehead atoms. The number of carboxylic acid groups (broad SMARTS) is 1. The van der Waals surface area contributed by atoms with E-state index in [1.807, 2.05) is 20.8 Å². The van der Waals surface area contributed by atoms with E-state index in [-0.39, 0.29) is 24.3 Å². The molecule has 2 atom stereocenters. The highest BCUT2D eigenvalue weighted by Gasteiger charge is 2.18. The minimum absolute atomic E-state index is 0.0562. The molecule has 0 saturated heterocycles. The van der Waals surface area contributed by atoms with Crippen LogP contribution >= 0.6 is 11.3 Å². The van der Waals surface area contributed by atoms with E-state index in [9.17, 15) is 9.59 Å². The fraction of sp³-hybridized carbons (Fsp3) is 0.643. The van der Waals surface area contributed by atoms with Gasteiger partial charge in [-0.15, -0.1) is 11.3 Å². The van der Waals surface area contributed by atoms with E-state index in [1.165, 1.54) is 11.3 Å². The number of carbonyl (C=O) groups excluding carboxylic acids is 1. The van der Waals surface area contributed by atoms with E-state index in [4.69, 9.17) is 10.8 Å². The average Bonchev–Trinajstić information content (AvgIpc) is 2.83. The molecule has 1 rings (SSSR count). The molecule has 118 valence electrons. The molecule has 1 aromatic rings. The lowest BCUT2D eigenvalue weighted by molar-refractivity contribution is -0.138. The summed E-state index contributed by atoms with van der Waals surface area (Å²) in [7, 11) is 0. The lowest BCUT2D eigenvalue weighted by Gasteiger charge is -2.17. The highest BCUT2D eigenvalue weighted by molar-refractivity contribution is 7.09. The van der Waals surface area contributed by atoms with Gasteiger partial charge in [0.2, 0.25) is 0 Å². The van der Waals surface area contributed by atoms with Crippen molar-refractivity contribution in [2.45, 2.75) is 39.7 Å². The van der Waals surface area contributed by atoms with Gasteiger partial charge in [0.05, 0.1) is 6.04 Å². The molecule has 4 N–H and O–H groups in total. The number of rotatable bonds is 8. The molecule has 1 aromatic heterocycles. The van der Waals surface area contributed by atoms with Crippen molar-refractivity contribution in [3.8, 4) is 0 Å². The Hall–Kier alpha value is -1.47. The molecular formula is C14H23N3O3S. The fourth-order valence-corrected chi connectivity index (χ4v) is 2.84. The molecule has 0 aliphatic heterocycles. The summed E-state index contributed by atoms with van der Waals surface area (Å²) in [6.07, 6.45) is 0.815. The van der Waals surface area contributed by atoms with Gasteiger partial charge in [-0.3, -0.25) is 9.59 Å². The molecule has 0 radical (unpaired) electrons. The Morgan fingerprint density at radius 1 is 1.43 bits per heavy atom. The van der Waals surface area contributed by atoms with Crippen LogP contribution in [0.3, 0.4) is 0 Å². The maximum atomic E-state index is 12.0. The quantitative estimate of drug-likeness (QED) is 0.681. The first-order valence-electron chi connectivity index (χ1n) is 7.00. The first-order valence-corrected chi connectivity index (χ1v) is 7.88. The van der Waals surface area contributed by atoms with Gasteiger partial charge in [0.15, 0.2) is 0 Å². The molecule has 1 amide bonds. The maximum Gasteiger partial charge on any atom is 0.303 e. The van der Waals surface area contributed by atoms with Crippen molar-refractivity contribution < 1.29 is 14.7 Å². The molecule has 1 heterocycles. The van der Waals surface area contributed by atoms with E-state index in [0.717, 1.165) is 6.42 Å². The highest BCUT2D eigenvalue weighted by atomic mass is 32.1. The van der Waals surface area contributed by atoms with Gasteiger partial charge in [0.25, 0.3) is 5.91 Å². The summed E-state index contributed by atoms with van der Waals surface area (Å²) in [5.41, 5.74) is 6.05. The molecule has 0 aliphatic rings. The van der Waals surface area contributed by atoms with Crippen LogP contribution in [0.2, 0.25) is 0 Å². The number of amides is 1. The lowest BCUT2D eigenvalue weighted by Crippen LogP contribution is -2.31. The normalized spacial score (nSPS) is 14.0. The number of thiazole rings is 1. The highest BCUT2D eigenvalue weighted by Crippen LogP contribution is 2.17. The van der Waals surface area contributed by atoms with Crippen molar-refractivity contribution in [3.05, 3.63) is 16.1 Å². The summed E-state index contributed by atoms with van der Waals surface area (Å²) in [6, 6.07) is -0.197. The average molecular weight is 313 g/mol. The number of nitrogens with one attached hydrogen (secondary N) is 1. The van der Waals surface area contributed by atoms with Crippen LogP contribution in [0.15, 0.2) is 5.38 Å². The zero-order valence-electron chi connectivity index (χ0n) is 12.6. The predicted octanol–water partition coefficient (Wildman–Crippen LogP) is 2.03. The Bertz CT molecular complexity index is 486. The molecular weight excluding hydrogens is 290 g/mol. The van der Waals surface area contributed by atoms with Crippen molar-refractivity contribution in [3.63, 3.8) is 0 Å². The van der Waals surface area contributed by atoms with Crippen LogP contribution in [0.5, 0.6) is 0 Å². The third-order valence-corrected chi connectivity index (χ3v) is 4.01. The second-order valence-electron chi connectivity index (χ2n) is 5.66. The molecule has 2 unspecified atom stereocenters. The predicted molar refractivity (Wildman–Crippen MR) is 82.2 cm³/mol. The summed E-state index contributed by atoms with van der Waals surface area (Å²) >= 11 is 1.35. The number of carboxylic acids is 1. The number of nitrogens with two attached hydrogens (primary N) is 1. The molecule has 7 heteroatoms. The van der Waals surface area contributed by atoms with Crippen LogP contribution in [-0.4, -0.2) is 28.5 Å². The Morgan fingerprint density at radius 3 is 2.57 bits per heavy atom. The SMILES string of the molecule is CC(C)CC(CNC(=O)c1csc(C(C)N)n1)CC(=O)O. The molecule has 6 nitrogen and oxygen atoms in total. The number of aliphatic carboxylic acids is 1. The lowest BCUT2D eigenvalue weighted by atomic mass is 9.94. The van der Waals surface area contributed by atoms with Crippen LogP contribution < -0.4 is 11.1 Å². The number of hydrogen-bond acceptors (Lipinski definition) is 5. The third-order valence-electron chi connectivity index (χ3n) is 2.96. The summed E-state index contributed by atoms with van der Waals surface area (Å²) < 4.78 is 0. The van der Waals surface area contributed by atoms with Crippen LogP contribution in [0.25, 0.3) is 0 Å². The van der Waals surface area contributed by atoms with Gasteiger partial charge >= 0.3 is 5.97 Å². The van der Waals surface area contributed by atoms with Gasteiger partial charge in [-0.25, -0.2) is 4.98 Å². The third kappa shape index (κ3) is 6.22. The Balaban J connectivity index is 2.57. The minimum atomic E-state index is -0.845. The van der Waals surface area contributed by atoms with E-state index < -0.39 is 5.97 Å². The van der Waals surface area contributed by atoms with Gasteiger partial charge < -0.3 is 16.2 Å². The summed E-state index contributed by atoms with van der Waals surface area (Å²) in [5, 5.41) is 14.1. The maximum absolute atomic E-state index is 12.0. The van der Waals surface area contributed by atoms with Crippen molar-refractivity contribution in [1.29, 1.82) is 0 Å². The molecule has 0 fully saturated rings. The second-order valence-corrected chi connectivity index (χ2v) is 6.55. The first kappa shape index (κ1) is 17.6. The van der Waals surface area contributed by atoms with E-state index in [0.29, 0.717) is 23.2 Å². The zero-order valence-corrected chi connectivity index (χ0v) is 13.4. The molecule has 0 aromatic carbocycles. The molecule has 0 saturated carbocycles. The van der Waals surface area contributed by atoms with E-state index in [2.05, 4.69) is 10.3 Å². The number of carbonyl (C=O) groups is 2. The summed E-state index contributed by atoms with van der Waals surface area (Å²) in [4.78, 5) is 27.0. The van der Waals surface area contributed by atoms with Crippen molar-refractivity contribution >= 4 is 23.2 Å². The van der Waals surface area contributed by atoms with E-state index in [1.54, 1.807) is 5.38 Å². The van der Waals surface area contributed by atoms with Gasteiger partial charge in [-0.05, 0) is 25.2 Å². The van der Waals surface area contributed by atoms with Crippen LogP contribution in [0.1, 0.15) is 55.2 Å². The zero-order chi connectivity index (χ0) is 16.0. The molecule has 21 heavy (non-hydrogen) atoms. The standard InChI is InChI=1S/C14H23N3O3S/c1-8(2)4-10(5-12(18)19)6-16-13(20)11-7-21-14(17-11)9(3)15/h7-10H,4-6,15H2,1-3H3,(H,16,20)(H,18,19). The van der Waals surface area contributed by atoms with Gasteiger partial charge in [0, 0.05) is 18.3 Å². The monoisotopic (exact) mass is 313 g/mol. The topological polar surface area (TPSA) is 105 Å². The smallest absolute Gasteiger partial charge is 0.303 e.